The molecule has 178 valence electrons. The monoisotopic (exact) mass is 515 g/mol. The minimum atomic E-state index is -4.99. The van der Waals surface area contributed by atoms with Gasteiger partial charge in [0.25, 0.3) is 15.6 Å². The van der Waals surface area contributed by atoms with E-state index in [-0.39, 0.29) is 27.7 Å². The Labute approximate surface area is 194 Å². The molecule has 0 saturated heterocycles. The molecule has 0 amide bonds. The molecule has 4 aromatic rings. The molecule has 34 heavy (non-hydrogen) atoms. The highest BCUT2D eigenvalue weighted by atomic mass is 35.5. The van der Waals surface area contributed by atoms with Crippen molar-refractivity contribution in [3.8, 4) is 17.2 Å². The van der Waals surface area contributed by atoms with Gasteiger partial charge >= 0.3 is 6.36 Å². The van der Waals surface area contributed by atoms with Gasteiger partial charge < -0.3 is 14.0 Å². The number of nitrogens with zero attached hydrogens (tertiary/aromatic N) is 2. The zero-order chi connectivity index (χ0) is 24.7. The van der Waals surface area contributed by atoms with Crippen LogP contribution in [0.4, 0.5) is 19.0 Å². The zero-order valence-electron chi connectivity index (χ0n) is 17.0. The minimum Gasteiger partial charge on any atom is -0.494 e. The highest BCUT2D eigenvalue weighted by molar-refractivity contribution is 7.92. The van der Waals surface area contributed by atoms with E-state index >= 15 is 0 Å². The molecule has 0 atom stereocenters. The maximum atomic E-state index is 12.7. The molecule has 0 aliphatic carbocycles. The van der Waals surface area contributed by atoms with Crippen LogP contribution in [0.3, 0.4) is 0 Å². The van der Waals surface area contributed by atoms with Crippen molar-refractivity contribution in [3.05, 3.63) is 70.2 Å². The van der Waals surface area contributed by atoms with Crippen LogP contribution in [0.15, 0.2) is 69.0 Å². The van der Waals surface area contributed by atoms with Gasteiger partial charge in [-0.1, -0.05) is 16.8 Å². The van der Waals surface area contributed by atoms with Gasteiger partial charge in [-0.25, -0.2) is 8.42 Å². The average Bonchev–Trinajstić information content (AvgIpc) is 3.26. The molecule has 0 spiro atoms. The molecular formula is C20H13ClF3N3O6S. The van der Waals surface area contributed by atoms with Gasteiger partial charge in [0.2, 0.25) is 0 Å². The van der Waals surface area contributed by atoms with Crippen molar-refractivity contribution in [2.24, 2.45) is 0 Å². The summed E-state index contributed by atoms with van der Waals surface area (Å²) < 4.78 is 80.3. The number of hydrogen-bond acceptors (Lipinski definition) is 7. The lowest BCUT2D eigenvalue weighted by Gasteiger charge is -2.17. The first kappa shape index (κ1) is 23.4. The number of methoxy groups -OCH3 is 1. The third-order valence-corrected chi connectivity index (χ3v) is 6.20. The Morgan fingerprint density at radius 2 is 1.85 bits per heavy atom. The zero-order valence-corrected chi connectivity index (χ0v) is 18.5. The maximum Gasteiger partial charge on any atom is 0.573 e. The van der Waals surface area contributed by atoms with E-state index in [2.05, 4.69) is 19.1 Å². The summed E-state index contributed by atoms with van der Waals surface area (Å²) in [6.07, 6.45) is -3.80. The second kappa shape index (κ2) is 8.57. The Kier molecular flexibility index (Phi) is 5.91. The molecule has 0 aliphatic heterocycles. The molecule has 0 fully saturated rings. The van der Waals surface area contributed by atoms with Crippen molar-refractivity contribution in [1.82, 2.24) is 9.72 Å². The van der Waals surface area contributed by atoms with E-state index in [4.69, 9.17) is 16.3 Å². The number of hydrogen-bond donors (Lipinski definition) is 1. The van der Waals surface area contributed by atoms with Crippen molar-refractivity contribution < 1.29 is 35.6 Å². The van der Waals surface area contributed by atoms with Crippen LogP contribution in [0, 0.1) is 0 Å². The second-order valence-corrected chi connectivity index (χ2v) is 8.81. The van der Waals surface area contributed by atoms with Crippen molar-refractivity contribution in [2.75, 3.05) is 11.8 Å². The first-order chi connectivity index (χ1) is 16.0. The van der Waals surface area contributed by atoms with Gasteiger partial charge in [0.05, 0.1) is 28.2 Å². The molecule has 2 heterocycles. The van der Waals surface area contributed by atoms with Crippen LogP contribution >= 0.6 is 11.6 Å². The number of nitrogens with one attached hydrogen (secondary N) is 1. The molecule has 14 heteroatoms. The Hall–Kier alpha value is -3.71. The molecule has 2 aromatic heterocycles. The van der Waals surface area contributed by atoms with Crippen molar-refractivity contribution >= 4 is 38.3 Å². The molecule has 0 unspecified atom stereocenters. The fourth-order valence-corrected chi connectivity index (χ4v) is 4.39. The van der Waals surface area contributed by atoms with Gasteiger partial charge in [-0.05, 0) is 30.3 Å². The highest BCUT2D eigenvalue weighted by Crippen LogP contribution is 2.38. The van der Waals surface area contributed by atoms with Gasteiger partial charge in [-0.2, -0.15) is 0 Å². The predicted octanol–water partition coefficient (Wildman–Crippen LogP) is 4.34. The van der Waals surface area contributed by atoms with E-state index in [0.29, 0.717) is 5.39 Å². The number of benzene rings is 2. The van der Waals surface area contributed by atoms with Gasteiger partial charge in [0, 0.05) is 23.6 Å². The van der Waals surface area contributed by atoms with Crippen LogP contribution in [-0.2, 0) is 10.0 Å². The van der Waals surface area contributed by atoms with Crippen LogP contribution in [0.1, 0.15) is 0 Å². The number of fused-ring (bicyclic) bond motifs is 1. The number of sulfonamides is 1. The number of pyridine rings is 1. The topological polar surface area (TPSA) is 113 Å². The van der Waals surface area contributed by atoms with E-state index in [1.165, 1.54) is 43.7 Å². The first-order valence-electron chi connectivity index (χ1n) is 9.21. The summed E-state index contributed by atoms with van der Waals surface area (Å²) in [6, 6.07) is 9.78. The number of aromatic nitrogens is 2. The van der Waals surface area contributed by atoms with Gasteiger partial charge in [-0.3, -0.25) is 14.1 Å². The van der Waals surface area contributed by atoms with E-state index in [1.54, 1.807) is 0 Å². The summed E-state index contributed by atoms with van der Waals surface area (Å²) in [5.41, 5.74) is -0.302. The van der Waals surface area contributed by atoms with Crippen molar-refractivity contribution in [1.29, 1.82) is 0 Å². The third-order valence-electron chi connectivity index (χ3n) is 4.55. The summed E-state index contributed by atoms with van der Waals surface area (Å²) in [7, 11) is -2.84. The lowest BCUT2D eigenvalue weighted by atomic mass is 10.2. The highest BCUT2D eigenvalue weighted by Gasteiger charge is 2.33. The third kappa shape index (κ3) is 4.65. The minimum absolute atomic E-state index is 0.0222. The summed E-state index contributed by atoms with van der Waals surface area (Å²) in [6.45, 7) is 0. The molecule has 1 N–H and O–H groups in total. The number of ether oxygens (including phenoxy) is 2. The Morgan fingerprint density at radius 3 is 2.50 bits per heavy atom. The molecule has 4 rings (SSSR count). The van der Waals surface area contributed by atoms with Crippen molar-refractivity contribution in [3.63, 3.8) is 0 Å². The molecule has 0 aliphatic rings. The predicted molar refractivity (Wildman–Crippen MR) is 115 cm³/mol. The Morgan fingerprint density at radius 1 is 1.09 bits per heavy atom. The SMILES string of the molecule is COc1cc(OC(F)(F)F)c(Cl)cc1-n1c(=O)ccc2cc(S(=O)(=O)Nc3ccon3)ccc21. The van der Waals surface area contributed by atoms with Gasteiger partial charge in [-0.15, -0.1) is 13.2 Å². The molecule has 0 radical (unpaired) electrons. The summed E-state index contributed by atoms with van der Waals surface area (Å²) in [5.74, 6) is -0.872. The number of anilines is 1. The standard InChI is InChI=1S/C20H13ClF3N3O6S/c1-31-17-10-16(33-20(22,23)24)13(21)9-15(17)27-14-4-3-12(8-11(14)2-5-19(27)28)34(29,30)26-18-6-7-32-25-18/h2-10H,1H3,(H,25,26). The number of alkyl halides is 3. The van der Waals surface area contributed by atoms with Crippen LogP contribution in [0.25, 0.3) is 16.6 Å². The lowest BCUT2D eigenvalue weighted by molar-refractivity contribution is -0.274. The summed E-state index contributed by atoms with van der Waals surface area (Å²) >= 11 is 5.97. The molecule has 2 aromatic carbocycles. The molecule has 0 saturated carbocycles. The molecular weight excluding hydrogens is 503 g/mol. The number of halogens is 4. The second-order valence-electron chi connectivity index (χ2n) is 6.72. The molecule has 0 bridgehead atoms. The lowest BCUT2D eigenvalue weighted by Crippen LogP contribution is -2.20. The smallest absolute Gasteiger partial charge is 0.494 e. The van der Waals surface area contributed by atoms with E-state index in [1.807, 2.05) is 0 Å². The Balaban J connectivity index is 1.85. The average molecular weight is 516 g/mol. The van der Waals surface area contributed by atoms with Crippen LogP contribution < -0.4 is 19.8 Å². The number of rotatable bonds is 6. The van der Waals surface area contributed by atoms with E-state index in [0.717, 1.165) is 22.8 Å². The first-order valence-corrected chi connectivity index (χ1v) is 11.1. The maximum absolute atomic E-state index is 12.7. The van der Waals surface area contributed by atoms with Crippen molar-refractivity contribution in [2.45, 2.75) is 11.3 Å². The van der Waals surface area contributed by atoms with Gasteiger partial charge in [0.15, 0.2) is 11.6 Å². The fourth-order valence-electron chi connectivity index (χ4n) is 3.17. The quantitative estimate of drug-likeness (QED) is 0.406. The van der Waals surface area contributed by atoms with E-state index in [9.17, 15) is 26.4 Å². The fraction of sp³-hybridized carbons (Fsp3) is 0.100. The summed E-state index contributed by atoms with van der Waals surface area (Å²) in [4.78, 5) is 12.6. The van der Waals surface area contributed by atoms with Crippen LogP contribution in [0.5, 0.6) is 11.5 Å². The Bertz CT molecular complexity index is 1540. The molecule has 9 nitrogen and oxygen atoms in total. The van der Waals surface area contributed by atoms with Crippen LogP contribution in [0.2, 0.25) is 5.02 Å². The van der Waals surface area contributed by atoms with Crippen LogP contribution in [-0.4, -0.2) is 31.6 Å². The van der Waals surface area contributed by atoms with Gasteiger partial charge in [0.1, 0.15) is 12.0 Å². The normalized spacial score (nSPS) is 12.0. The summed E-state index contributed by atoms with van der Waals surface area (Å²) in [5, 5.41) is 3.40. The largest absolute Gasteiger partial charge is 0.573 e. The van der Waals surface area contributed by atoms with E-state index < -0.39 is 32.7 Å².